The summed E-state index contributed by atoms with van der Waals surface area (Å²) in [6.07, 6.45) is 7.07. The first-order valence-corrected chi connectivity index (χ1v) is 11.5. The predicted octanol–water partition coefficient (Wildman–Crippen LogP) is 2.86. The Balaban J connectivity index is 1.70. The van der Waals surface area contributed by atoms with E-state index in [1.165, 1.54) is 19.3 Å². The van der Waals surface area contributed by atoms with Gasteiger partial charge in [0, 0.05) is 43.8 Å². The van der Waals surface area contributed by atoms with Crippen molar-refractivity contribution in [3.05, 3.63) is 23.8 Å². The van der Waals surface area contributed by atoms with Crippen molar-refractivity contribution in [2.75, 3.05) is 31.1 Å². The summed E-state index contributed by atoms with van der Waals surface area (Å²) in [7, 11) is 0. The van der Waals surface area contributed by atoms with Crippen molar-refractivity contribution in [1.82, 2.24) is 14.9 Å². The molecule has 2 heterocycles. The molecule has 4 rings (SSSR count). The Kier molecular flexibility index (Phi) is 6.58. The lowest BCUT2D eigenvalue weighted by Gasteiger charge is -2.37. The van der Waals surface area contributed by atoms with E-state index in [4.69, 9.17) is 4.98 Å². The number of fused-ring (bicyclic) bond motifs is 1. The summed E-state index contributed by atoms with van der Waals surface area (Å²) in [4.78, 5) is 19.6. The van der Waals surface area contributed by atoms with Crippen molar-refractivity contribution >= 4 is 22.9 Å². The number of carbonyl (C=O) groups is 1. The van der Waals surface area contributed by atoms with E-state index in [0.29, 0.717) is 24.7 Å². The van der Waals surface area contributed by atoms with E-state index in [9.17, 15) is 15.0 Å². The maximum atomic E-state index is 12.4. The lowest BCUT2D eigenvalue weighted by molar-refractivity contribution is 0.0541. The van der Waals surface area contributed by atoms with Crippen LogP contribution >= 0.6 is 0 Å². The number of piperidine rings is 1. The number of β-amino-alcohol motifs (C(OH)–C–C–N with tert-alkyl or cyclic N) is 1. The molecule has 7 heteroatoms. The van der Waals surface area contributed by atoms with Crippen LogP contribution in [0.2, 0.25) is 0 Å². The summed E-state index contributed by atoms with van der Waals surface area (Å²) in [5, 5.41) is 22.9. The van der Waals surface area contributed by atoms with Crippen LogP contribution in [0.5, 0.6) is 0 Å². The molecule has 1 amide bonds. The second kappa shape index (κ2) is 9.35. The number of rotatable bonds is 6. The molecule has 1 aliphatic heterocycles. The number of aliphatic hydroxyl groups is 2. The number of hydrogen-bond acceptors (Lipinski definition) is 5. The van der Waals surface area contributed by atoms with Gasteiger partial charge in [0.25, 0.3) is 5.91 Å². The van der Waals surface area contributed by atoms with Crippen molar-refractivity contribution in [1.29, 1.82) is 0 Å². The Labute approximate surface area is 178 Å². The van der Waals surface area contributed by atoms with Gasteiger partial charge < -0.3 is 25.0 Å². The summed E-state index contributed by atoms with van der Waals surface area (Å²) in [5.74, 6) is 0.757. The van der Waals surface area contributed by atoms with Crippen molar-refractivity contribution in [2.45, 2.75) is 64.0 Å². The average molecular weight is 415 g/mol. The van der Waals surface area contributed by atoms with Crippen LogP contribution in [0.1, 0.15) is 68.3 Å². The third-order valence-corrected chi connectivity index (χ3v) is 6.65. The molecule has 0 bridgehead atoms. The first-order chi connectivity index (χ1) is 14.6. The first kappa shape index (κ1) is 21.1. The van der Waals surface area contributed by atoms with Gasteiger partial charge in [-0.2, -0.15) is 0 Å². The van der Waals surface area contributed by atoms with Crippen LogP contribution in [-0.2, 0) is 0 Å². The van der Waals surface area contributed by atoms with Crippen LogP contribution in [0.3, 0.4) is 0 Å². The number of amides is 1. The zero-order valence-electron chi connectivity index (χ0n) is 17.9. The fraction of sp³-hybridized carbons (Fsp3) is 0.652. The average Bonchev–Trinajstić information content (AvgIpc) is 3.16. The molecule has 1 aliphatic carbocycles. The van der Waals surface area contributed by atoms with Gasteiger partial charge in [0.05, 0.1) is 17.1 Å². The van der Waals surface area contributed by atoms with Crippen LogP contribution in [-0.4, -0.2) is 58.0 Å². The largest absolute Gasteiger partial charge is 0.396 e. The van der Waals surface area contributed by atoms with E-state index in [2.05, 4.69) is 14.8 Å². The van der Waals surface area contributed by atoms with Gasteiger partial charge in [-0.3, -0.25) is 4.79 Å². The molecule has 7 nitrogen and oxygen atoms in total. The fourth-order valence-electron chi connectivity index (χ4n) is 4.86. The molecule has 2 atom stereocenters. The Morgan fingerprint density at radius 3 is 2.73 bits per heavy atom. The summed E-state index contributed by atoms with van der Waals surface area (Å²) in [6.45, 7) is 3.96. The van der Waals surface area contributed by atoms with E-state index in [1.54, 1.807) is 0 Å². The Hall–Kier alpha value is -2.12. The number of nitrogens with zero attached hydrogens (tertiary/aromatic N) is 3. The van der Waals surface area contributed by atoms with Gasteiger partial charge in [0.1, 0.15) is 0 Å². The van der Waals surface area contributed by atoms with Gasteiger partial charge in [0.15, 0.2) is 0 Å². The van der Waals surface area contributed by atoms with Gasteiger partial charge in [-0.05, 0) is 43.9 Å². The van der Waals surface area contributed by atoms with Crippen molar-refractivity contribution in [3.8, 4) is 0 Å². The lowest BCUT2D eigenvalue weighted by atomic mass is 9.94. The maximum absolute atomic E-state index is 12.4. The van der Waals surface area contributed by atoms with Gasteiger partial charge in [0.2, 0.25) is 5.95 Å². The second-order valence-corrected chi connectivity index (χ2v) is 8.78. The molecule has 2 aliphatic rings. The third kappa shape index (κ3) is 4.18. The number of anilines is 1. The Bertz CT molecular complexity index is 875. The molecule has 1 aromatic heterocycles. The van der Waals surface area contributed by atoms with Crippen LogP contribution < -0.4 is 10.2 Å². The van der Waals surface area contributed by atoms with E-state index < -0.39 is 6.10 Å². The quantitative estimate of drug-likeness (QED) is 0.676. The van der Waals surface area contributed by atoms with Crippen molar-refractivity contribution in [2.24, 2.45) is 5.92 Å². The minimum atomic E-state index is -0.557. The highest BCUT2D eigenvalue weighted by Gasteiger charge is 2.31. The number of aromatic nitrogens is 2. The number of benzene rings is 1. The Morgan fingerprint density at radius 2 is 2.03 bits per heavy atom. The molecule has 0 radical (unpaired) electrons. The monoisotopic (exact) mass is 414 g/mol. The van der Waals surface area contributed by atoms with Gasteiger partial charge in [-0.1, -0.05) is 26.2 Å². The zero-order valence-corrected chi connectivity index (χ0v) is 17.9. The lowest BCUT2D eigenvalue weighted by Crippen LogP contribution is -2.46. The second-order valence-electron chi connectivity index (χ2n) is 8.78. The van der Waals surface area contributed by atoms with E-state index >= 15 is 0 Å². The molecular weight excluding hydrogens is 380 g/mol. The van der Waals surface area contributed by atoms with Gasteiger partial charge >= 0.3 is 0 Å². The standard InChI is InChI=1S/C23H34N4O3/c1-2-11-24-22(30)16-8-9-20-19(13-16)25-23(27(20)18-6-4-3-5-7-18)26-12-10-17(15-28)21(29)14-26/h8-9,13,17-18,21,28-29H,2-7,10-12,14-15H2,1H3,(H,24,30)/t17-,21-/m1/s1. The molecule has 2 fully saturated rings. The van der Waals surface area contributed by atoms with Crippen LogP contribution in [0.25, 0.3) is 11.0 Å². The molecule has 1 aromatic carbocycles. The van der Waals surface area contributed by atoms with E-state index in [0.717, 1.165) is 49.2 Å². The number of hydrogen-bond donors (Lipinski definition) is 3. The normalized spacial score (nSPS) is 23.1. The molecule has 0 spiro atoms. The molecule has 1 saturated heterocycles. The number of aliphatic hydroxyl groups excluding tert-OH is 2. The SMILES string of the molecule is CCCNC(=O)c1ccc2c(c1)nc(N1CC[C@H](CO)[C@H](O)C1)n2C1CCCCC1. The summed E-state index contributed by atoms with van der Waals surface area (Å²) in [6, 6.07) is 6.20. The van der Waals surface area contributed by atoms with Crippen LogP contribution in [0.4, 0.5) is 5.95 Å². The molecule has 0 unspecified atom stereocenters. The topological polar surface area (TPSA) is 90.6 Å². The Morgan fingerprint density at radius 1 is 1.23 bits per heavy atom. The molecular formula is C23H34N4O3. The van der Waals surface area contributed by atoms with Crippen LogP contribution in [0.15, 0.2) is 18.2 Å². The maximum Gasteiger partial charge on any atom is 0.251 e. The summed E-state index contributed by atoms with van der Waals surface area (Å²) in [5.41, 5.74) is 2.52. The summed E-state index contributed by atoms with van der Waals surface area (Å²) < 4.78 is 2.34. The molecule has 1 saturated carbocycles. The highest BCUT2D eigenvalue weighted by atomic mass is 16.3. The zero-order chi connectivity index (χ0) is 21.1. The van der Waals surface area contributed by atoms with E-state index in [1.807, 2.05) is 25.1 Å². The van der Waals surface area contributed by atoms with Gasteiger partial charge in [-0.25, -0.2) is 4.98 Å². The minimum Gasteiger partial charge on any atom is -0.396 e. The fourth-order valence-corrected chi connectivity index (χ4v) is 4.86. The highest BCUT2D eigenvalue weighted by molar-refractivity contribution is 5.97. The molecule has 3 N–H and O–H groups in total. The molecule has 30 heavy (non-hydrogen) atoms. The highest BCUT2D eigenvalue weighted by Crippen LogP contribution is 2.36. The van der Waals surface area contributed by atoms with Crippen molar-refractivity contribution in [3.63, 3.8) is 0 Å². The first-order valence-electron chi connectivity index (χ1n) is 11.5. The van der Waals surface area contributed by atoms with Gasteiger partial charge in [-0.15, -0.1) is 0 Å². The molecule has 164 valence electrons. The summed E-state index contributed by atoms with van der Waals surface area (Å²) >= 11 is 0. The third-order valence-electron chi connectivity index (χ3n) is 6.65. The number of imidazole rings is 1. The minimum absolute atomic E-state index is 0.0181. The number of nitrogens with one attached hydrogen (secondary N) is 1. The number of carbonyl (C=O) groups excluding carboxylic acids is 1. The molecule has 2 aromatic rings. The van der Waals surface area contributed by atoms with E-state index in [-0.39, 0.29) is 18.4 Å². The smallest absolute Gasteiger partial charge is 0.251 e. The predicted molar refractivity (Wildman–Crippen MR) is 118 cm³/mol. The van der Waals surface area contributed by atoms with Crippen LogP contribution in [0, 0.1) is 5.92 Å². The van der Waals surface area contributed by atoms with Crippen molar-refractivity contribution < 1.29 is 15.0 Å².